The molecular weight excluding hydrogens is 318 g/mol. The van der Waals surface area contributed by atoms with Gasteiger partial charge in [0.25, 0.3) is 0 Å². The molecule has 3 heterocycles. The predicted octanol–water partition coefficient (Wildman–Crippen LogP) is 2.00. The van der Waals surface area contributed by atoms with Crippen molar-refractivity contribution >= 4 is 27.8 Å². The fourth-order valence-corrected chi connectivity index (χ4v) is 3.03. The SMILES string of the molecule is NCCCCn1nc(-c2cc3cc(O)ccc3[nH]2)c2c(N)ncnc21. The smallest absolute Gasteiger partial charge is 0.164 e. The molecule has 1 aromatic carbocycles. The van der Waals surface area contributed by atoms with Crippen molar-refractivity contribution in [1.29, 1.82) is 0 Å². The highest BCUT2D eigenvalue weighted by Crippen LogP contribution is 2.32. The first-order valence-electron chi connectivity index (χ1n) is 8.16. The number of nitrogen functional groups attached to an aromatic ring is 1. The summed E-state index contributed by atoms with van der Waals surface area (Å²) in [5.74, 6) is 0.615. The summed E-state index contributed by atoms with van der Waals surface area (Å²) < 4.78 is 1.85. The lowest BCUT2D eigenvalue weighted by molar-refractivity contribution is 0.476. The third kappa shape index (κ3) is 2.66. The molecule has 0 aliphatic rings. The Kier molecular flexibility index (Phi) is 3.73. The Morgan fingerprint density at radius 1 is 1.16 bits per heavy atom. The number of hydrogen-bond donors (Lipinski definition) is 4. The number of anilines is 1. The summed E-state index contributed by atoms with van der Waals surface area (Å²) >= 11 is 0. The standard InChI is InChI=1S/C17H19N7O/c18-5-1-2-6-24-17-14(16(19)20-9-21-17)15(23-24)13-8-10-7-11(25)3-4-12(10)22-13/h3-4,7-9,22,25H,1-2,5-6,18H2,(H2,19,20,21). The second kappa shape index (κ2) is 6.06. The van der Waals surface area contributed by atoms with Gasteiger partial charge in [0.05, 0.1) is 11.1 Å². The van der Waals surface area contributed by atoms with E-state index in [1.807, 2.05) is 16.8 Å². The van der Waals surface area contributed by atoms with Gasteiger partial charge in [-0.05, 0) is 43.7 Å². The van der Waals surface area contributed by atoms with Gasteiger partial charge in [0.2, 0.25) is 0 Å². The van der Waals surface area contributed by atoms with Gasteiger partial charge in [-0.1, -0.05) is 0 Å². The number of rotatable bonds is 5. The van der Waals surface area contributed by atoms with Crippen molar-refractivity contribution in [3.8, 4) is 17.1 Å². The van der Waals surface area contributed by atoms with Gasteiger partial charge in [-0.3, -0.25) is 0 Å². The molecule has 0 fully saturated rings. The topological polar surface area (TPSA) is 132 Å². The van der Waals surface area contributed by atoms with E-state index in [1.165, 1.54) is 6.33 Å². The molecule has 0 saturated heterocycles. The highest BCUT2D eigenvalue weighted by atomic mass is 16.3. The fourth-order valence-electron chi connectivity index (χ4n) is 3.03. The number of aromatic nitrogens is 5. The first-order chi connectivity index (χ1) is 12.2. The van der Waals surface area contributed by atoms with Crippen LogP contribution in [0.4, 0.5) is 5.82 Å². The van der Waals surface area contributed by atoms with Crippen LogP contribution in [0.5, 0.6) is 5.75 Å². The van der Waals surface area contributed by atoms with Crippen LogP contribution in [0.25, 0.3) is 33.3 Å². The number of nitrogens with two attached hydrogens (primary N) is 2. The van der Waals surface area contributed by atoms with Crippen molar-refractivity contribution < 1.29 is 5.11 Å². The molecule has 0 saturated carbocycles. The zero-order valence-electron chi connectivity index (χ0n) is 13.6. The highest BCUT2D eigenvalue weighted by Gasteiger charge is 2.18. The number of unbranched alkanes of at least 4 members (excludes halogenated alkanes) is 1. The summed E-state index contributed by atoms with van der Waals surface area (Å²) in [4.78, 5) is 11.8. The van der Waals surface area contributed by atoms with Gasteiger partial charge < -0.3 is 21.6 Å². The van der Waals surface area contributed by atoms with Gasteiger partial charge in [0.1, 0.15) is 23.6 Å². The number of aromatic hydroxyl groups is 1. The molecule has 128 valence electrons. The third-order valence-electron chi connectivity index (χ3n) is 4.24. The zero-order chi connectivity index (χ0) is 17.4. The van der Waals surface area contributed by atoms with Crippen LogP contribution in [0.3, 0.4) is 0 Å². The van der Waals surface area contributed by atoms with Crippen molar-refractivity contribution in [3.63, 3.8) is 0 Å². The molecule has 0 aliphatic carbocycles. The third-order valence-corrected chi connectivity index (χ3v) is 4.24. The Morgan fingerprint density at radius 3 is 2.88 bits per heavy atom. The Bertz CT molecular complexity index is 1050. The number of phenols is 1. The maximum Gasteiger partial charge on any atom is 0.164 e. The number of H-pyrrole nitrogens is 1. The van der Waals surface area contributed by atoms with Gasteiger partial charge in [-0.2, -0.15) is 5.10 Å². The number of aromatic amines is 1. The number of fused-ring (bicyclic) bond motifs is 2. The van der Waals surface area contributed by atoms with E-state index in [-0.39, 0.29) is 5.75 Å². The van der Waals surface area contributed by atoms with Crippen LogP contribution in [-0.2, 0) is 6.54 Å². The molecule has 0 spiro atoms. The molecule has 0 unspecified atom stereocenters. The Labute approximate surface area is 143 Å². The van der Waals surface area contributed by atoms with Crippen LogP contribution in [0.1, 0.15) is 12.8 Å². The van der Waals surface area contributed by atoms with Crippen LogP contribution in [0.2, 0.25) is 0 Å². The van der Waals surface area contributed by atoms with Crippen LogP contribution < -0.4 is 11.5 Å². The molecule has 4 rings (SSSR count). The van der Waals surface area contributed by atoms with Gasteiger partial charge in [-0.25, -0.2) is 14.6 Å². The van der Waals surface area contributed by atoms with E-state index in [1.54, 1.807) is 12.1 Å². The highest BCUT2D eigenvalue weighted by molar-refractivity contribution is 5.99. The summed E-state index contributed by atoms with van der Waals surface area (Å²) in [7, 11) is 0. The van der Waals surface area contributed by atoms with Crippen LogP contribution in [-0.4, -0.2) is 36.4 Å². The largest absolute Gasteiger partial charge is 0.508 e. The lowest BCUT2D eigenvalue weighted by Crippen LogP contribution is -2.05. The van der Waals surface area contributed by atoms with Crippen molar-refractivity contribution in [2.75, 3.05) is 12.3 Å². The fraction of sp³-hybridized carbons (Fsp3) is 0.235. The molecule has 0 bridgehead atoms. The van der Waals surface area contributed by atoms with Crippen molar-refractivity contribution in [1.82, 2.24) is 24.7 Å². The molecule has 8 heteroatoms. The minimum Gasteiger partial charge on any atom is -0.508 e. The molecule has 3 aromatic heterocycles. The monoisotopic (exact) mass is 337 g/mol. The van der Waals surface area contributed by atoms with E-state index in [0.29, 0.717) is 30.2 Å². The second-order valence-electron chi connectivity index (χ2n) is 5.98. The Balaban J connectivity index is 1.87. The predicted molar refractivity (Wildman–Crippen MR) is 97.0 cm³/mol. The van der Waals surface area contributed by atoms with E-state index >= 15 is 0 Å². The number of phenolic OH excluding ortho intramolecular Hbond substituents is 1. The molecule has 0 aliphatic heterocycles. The summed E-state index contributed by atoms with van der Waals surface area (Å²) in [6.07, 6.45) is 3.28. The number of aryl methyl sites for hydroxylation is 1. The normalized spacial score (nSPS) is 11.6. The molecule has 8 nitrogen and oxygen atoms in total. The van der Waals surface area contributed by atoms with Crippen LogP contribution >= 0.6 is 0 Å². The molecule has 0 atom stereocenters. The lowest BCUT2D eigenvalue weighted by Gasteiger charge is -2.01. The van der Waals surface area contributed by atoms with Gasteiger partial charge in [-0.15, -0.1) is 0 Å². The number of benzene rings is 1. The van der Waals surface area contributed by atoms with E-state index < -0.39 is 0 Å². The minimum absolute atomic E-state index is 0.220. The molecular formula is C17H19N7O. The van der Waals surface area contributed by atoms with E-state index in [2.05, 4.69) is 15.0 Å². The molecule has 6 N–H and O–H groups in total. The Morgan fingerprint density at radius 2 is 2.04 bits per heavy atom. The van der Waals surface area contributed by atoms with Gasteiger partial charge in [0.15, 0.2) is 5.65 Å². The maximum atomic E-state index is 9.67. The number of nitrogens with zero attached hydrogens (tertiary/aromatic N) is 4. The van der Waals surface area contributed by atoms with E-state index in [0.717, 1.165) is 34.8 Å². The Hall–Kier alpha value is -3.13. The summed E-state index contributed by atoms with van der Waals surface area (Å²) in [5.41, 5.74) is 14.8. The van der Waals surface area contributed by atoms with Crippen LogP contribution in [0, 0.1) is 0 Å². The van der Waals surface area contributed by atoms with Crippen molar-refractivity contribution in [2.45, 2.75) is 19.4 Å². The molecule has 0 radical (unpaired) electrons. The molecule has 25 heavy (non-hydrogen) atoms. The average molecular weight is 337 g/mol. The molecule has 0 amide bonds. The average Bonchev–Trinajstić information content (AvgIpc) is 3.17. The summed E-state index contributed by atoms with van der Waals surface area (Å²) in [6, 6.07) is 7.11. The van der Waals surface area contributed by atoms with Crippen molar-refractivity contribution in [2.24, 2.45) is 5.73 Å². The van der Waals surface area contributed by atoms with Crippen molar-refractivity contribution in [3.05, 3.63) is 30.6 Å². The second-order valence-corrected chi connectivity index (χ2v) is 5.98. The summed E-state index contributed by atoms with van der Waals surface area (Å²) in [6.45, 7) is 1.36. The summed E-state index contributed by atoms with van der Waals surface area (Å²) in [5, 5.41) is 16.0. The first-order valence-corrected chi connectivity index (χ1v) is 8.16. The van der Waals surface area contributed by atoms with Gasteiger partial charge >= 0.3 is 0 Å². The quantitative estimate of drug-likeness (QED) is 0.412. The zero-order valence-corrected chi connectivity index (χ0v) is 13.6. The van der Waals surface area contributed by atoms with E-state index in [9.17, 15) is 5.11 Å². The van der Waals surface area contributed by atoms with E-state index in [4.69, 9.17) is 16.6 Å². The van der Waals surface area contributed by atoms with Gasteiger partial charge in [0, 0.05) is 17.4 Å². The lowest BCUT2D eigenvalue weighted by atomic mass is 10.2. The molecule has 4 aromatic rings. The van der Waals surface area contributed by atoms with Crippen LogP contribution in [0.15, 0.2) is 30.6 Å². The maximum absolute atomic E-state index is 9.67. The minimum atomic E-state index is 0.220. The number of hydrogen-bond acceptors (Lipinski definition) is 6. The number of nitrogens with one attached hydrogen (secondary N) is 1. The first kappa shape index (κ1) is 15.4.